The van der Waals surface area contributed by atoms with Crippen LogP contribution in [-0.4, -0.2) is 15.5 Å². The van der Waals surface area contributed by atoms with Gasteiger partial charge in [0, 0.05) is 29.4 Å². The predicted molar refractivity (Wildman–Crippen MR) is 98.1 cm³/mol. The molecular weight excluding hydrogens is 318 g/mol. The van der Waals surface area contributed by atoms with E-state index in [0.717, 1.165) is 24.1 Å². The summed E-state index contributed by atoms with van der Waals surface area (Å²) in [7, 11) is 0. The van der Waals surface area contributed by atoms with Crippen LogP contribution in [0.1, 0.15) is 34.0 Å². The maximum atomic E-state index is 11.8. The van der Waals surface area contributed by atoms with Crippen molar-refractivity contribution in [2.24, 2.45) is 11.7 Å². The number of nitrogens with two attached hydrogens (primary N) is 1. The molecule has 2 heterocycles. The number of primary amides is 1. The van der Waals surface area contributed by atoms with Gasteiger partial charge in [0.25, 0.3) is 5.91 Å². The molecule has 0 saturated carbocycles. The van der Waals surface area contributed by atoms with Gasteiger partial charge in [0.2, 0.25) is 0 Å². The van der Waals surface area contributed by atoms with Gasteiger partial charge in [0.1, 0.15) is 0 Å². The number of hydrogen-bond donors (Lipinski definition) is 1. The fourth-order valence-electron chi connectivity index (χ4n) is 2.72. The lowest BCUT2D eigenvalue weighted by atomic mass is 10.0. The van der Waals surface area contributed by atoms with E-state index in [9.17, 15) is 4.79 Å². The zero-order chi connectivity index (χ0) is 17.1. The van der Waals surface area contributed by atoms with Crippen molar-refractivity contribution < 1.29 is 4.79 Å². The van der Waals surface area contributed by atoms with E-state index in [1.165, 1.54) is 21.8 Å². The largest absolute Gasteiger partial charge is 0.365 e. The Bertz CT molecular complexity index is 817. The topological polar surface area (TPSA) is 60.9 Å². The van der Waals surface area contributed by atoms with E-state index in [0.29, 0.717) is 10.8 Å². The summed E-state index contributed by atoms with van der Waals surface area (Å²) in [6.07, 6.45) is 6.48. The van der Waals surface area contributed by atoms with E-state index < -0.39 is 0 Å². The van der Waals surface area contributed by atoms with E-state index >= 15 is 0 Å². The third-order valence-electron chi connectivity index (χ3n) is 3.81. The molecule has 0 saturated heterocycles. The number of imidazole rings is 1. The molecule has 2 N–H and O–H groups in total. The Morgan fingerprint density at radius 3 is 2.62 bits per heavy atom. The Morgan fingerprint density at radius 1 is 1.29 bits per heavy atom. The van der Waals surface area contributed by atoms with Crippen LogP contribution in [0.4, 0.5) is 0 Å². The van der Waals surface area contributed by atoms with E-state index in [1.54, 1.807) is 12.5 Å². The van der Waals surface area contributed by atoms with E-state index in [1.807, 2.05) is 10.8 Å². The lowest BCUT2D eigenvalue weighted by Gasteiger charge is -2.05. The summed E-state index contributed by atoms with van der Waals surface area (Å²) < 4.78 is 2.02. The van der Waals surface area contributed by atoms with Gasteiger partial charge in [-0.1, -0.05) is 38.1 Å². The summed E-state index contributed by atoms with van der Waals surface area (Å²) in [5.74, 6) is 0.197. The van der Waals surface area contributed by atoms with Crippen molar-refractivity contribution in [1.29, 1.82) is 0 Å². The summed E-state index contributed by atoms with van der Waals surface area (Å²) in [5, 5.41) is 0. The molecule has 0 aliphatic carbocycles. The molecule has 124 valence electrons. The van der Waals surface area contributed by atoms with Gasteiger partial charge in [-0.05, 0) is 29.5 Å². The Morgan fingerprint density at radius 2 is 2.04 bits per heavy atom. The van der Waals surface area contributed by atoms with Crippen molar-refractivity contribution >= 4 is 17.2 Å². The van der Waals surface area contributed by atoms with E-state index in [-0.39, 0.29) is 5.91 Å². The van der Waals surface area contributed by atoms with Crippen molar-refractivity contribution in [2.75, 3.05) is 0 Å². The Balaban J connectivity index is 1.87. The average Bonchev–Trinajstić information content (AvgIpc) is 3.17. The number of carbonyl (C=O) groups is 1. The number of nitrogens with zero attached hydrogens (tertiary/aromatic N) is 2. The van der Waals surface area contributed by atoms with Crippen molar-refractivity contribution in [2.45, 2.75) is 26.8 Å². The molecule has 0 bridgehead atoms. The SMILES string of the molecule is CC(C)Cc1cc(-c2ccc(Cn3ccnc3)cc2)c(C(N)=O)s1. The Labute approximate surface area is 146 Å². The molecule has 1 amide bonds. The van der Waals surface area contributed by atoms with Crippen LogP contribution in [0.2, 0.25) is 0 Å². The molecule has 1 aromatic carbocycles. The maximum absolute atomic E-state index is 11.8. The number of hydrogen-bond acceptors (Lipinski definition) is 3. The van der Waals surface area contributed by atoms with E-state index in [4.69, 9.17) is 5.73 Å². The van der Waals surface area contributed by atoms with Gasteiger partial charge >= 0.3 is 0 Å². The number of rotatable bonds is 6. The molecule has 0 unspecified atom stereocenters. The van der Waals surface area contributed by atoms with Crippen LogP contribution in [0.25, 0.3) is 11.1 Å². The first kappa shape index (κ1) is 16.5. The van der Waals surface area contributed by atoms with Crippen LogP contribution in [-0.2, 0) is 13.0 Å². The van der Waals surface area contributed by atoms with Gasteiger partial charge in [-0.3, -0.25) is 4.79 Å². The molecule has 0 aliphatic rings. The first-order valence-corrected chi connectivity index (χ1v) is 8.82. The van der Waals surface area contributed by atoms with Crippen LogP contribution in [0.3, 0.4) is 0 Å². The zero-order valence-corrected chi connectivity index (χ0v) is 14.7. The molecule has 5 heteroatoms. The van der Waals surface area contributed by atoms with Gasteiger partial charge in [0.15, 0.2) is 0 Å². The smallest absolute Gasteiger partial charge is 0.259 e. The van der Waals surface area contributed by atoms with Crippen molar-refractivity contribution in [1.82, 2.24) is 9.55 Å². The molecular formula is C19H21N3OS. The molecule has 0 atom stereocenters. The first-order valence-electron chi connectivity index (χ1n) is 8.00. The quantitative estimate of drug-likeness (QED) is 0.739. The fourth-order valence-corrected chi connectivity index (χ4v) is 3.97. The number of carbonyl (C=O) groups excluding carboxylic acids is 1. The highest BCUT2D eigenvalue weighted by molar-refractivity contribution is 7.14. The monoisotopic (exact) mass is 339 g/mol. The van der Waals surface area contributed by atoms with Crippen molar-refractivity contribution in [3.05, 3.63) is 64.4 Å². The second kappa shape index (κ2) is 7.01. The minimum atomic E-state index is -0.354. The molecule has 2 aromatic heterocycles. The third kappa shape index (κ3) is 3.74. The van der Waals surface area contributed by atoms with Crippen LogP contribution < -0.4 is 5.73 Å². The van der Waals surface area contributed by atoms with Gasteiger partial charge in [-0.2, -0.15) is 0 Å². The van der Waals surface area contributed by atoms with Gasteiger partial charge in [-0.15, -0.1) is 11.3 Å². The van der Waals surface area contributed by atoms with Crippen LogP contribution in [0.15, 0.2) is 49.1 Å². The highest BCUT2D eigenvalue weighted by Crippen LogP contribution is 2.33. The molecule has 3 rings (SSSR count). The highest BCUT2D eigenvalue weighted by Gasteiger charge is 2.16. The minimum Gasteiger partial charge on any atom is -0.365 e. The average molecular weight is 339 g/mol. The molecule has 4 nitrogen and oxygen atoms in total. The van der Waals surface area contributed by atoms with Gasteiger partial charge in [0.05, 0.1) is 11.2 Å². The van der Waals surface area contributed by atoms with Crippen LogP contribution in [0.5, 0.6) is 0 Å². The summed E-state index contributed by atoms with van der Waals surface area (Å²) in [4.78, 5) is 17.7. The van der Waals surface area contributed by atoms with Crippen LogP contribution in [0, 0.1) is 5.92 Å². The summed E-state index contributed by atoms with van der Waals surface area (Å²) in [5.41, 5.74) is 8.74. The second-order valence-electron chi connectivity index (χ2n) is 6.35. The number of thiophene rings is 1. The summed E-state index contributed by atoms with van der Waals surface area (Å²) in [6.45, 7) is 5.13. The van der Waals surface area contributed by atoms with Crippen molar-refractivity contribution in [3.8, 4) is 11.1 Å². The fraction of sp³-hybridized carbons (Fsp3) is 0.263. The Hall–Kier alpha value is -2.40. The number of benzene rings is 1. The number of aromatic nitrogens is 2. The first-order chi connectivity index (χ1) is 11.5. The normalized spacial score (nSPS) is 11.1. The number of amides is 1. The third-order valence-corrected chi connectivity index (χ3v) is 4.98. The highest BCUT2D eigenvalue weighted by atomic mass is 32.1. The van der Waals surface area contributed by atoms with Gasteiger partial charge in [-0.25, -0.2) is 4.98 Å². The summed E-state index contributed by atoms with van der Waals surface area (Å²) >= 11 is 1.51. The van der Waals surface area contributed by atoms with E-state index in [2.05, 4.69) is 49.2 Å². The molecule has 0 aliphatic heterocycles. The maximum Gasteiger partial charge on any atom is 0.259 e. The van der Waals surface area contributed by atoms with Crippen molar-refractivity contribution in [3.63, 3.8) is 0 Å². The molecule has 24 heavy (non-hydrogen) atoms. The molecule has 0 radical (unpaired) electrons. The van der Waals surface area contributed by atoms with Crippen LogP contribution >= 0.6 is 11.3 Å². The molecule has 0 spiro atoms. The lowest BCUT2D eigenvalue weighted by Crippen LogP contribution is -2.09. The second-order valence-corrected chi connectivity index (χ2v) is 7.49. The molecule has 3 aromatic rings. The Kier molecular flexibility index (Phi) is 4.81. The predicted octanol–water partition coefficient (Wildman–Crippen LogP) is 3.96. The zero-order valence-electron chi connectivity index (χ0n) is 13.9. The lowest BCUT2D eigenvalue weighted by molar-refractivity contribution is 0.100. The standard InChI is InChI=1S/C19H21N3OS/c1-13(2)9-16-10-17(18(24-16)19(20)23)15-5-3-14(4-6-15)11-22-8-7-21-12-22/h3-8,10,12-13H,9,11H2,1-2H3,(H2,20,23). The minimum absolute atomic E-state index is 0.354. The molecule has 0 fully saturated rings. The van der Waals surface area contributed by atoms with Gasteiger partial charge < -0.3 is 10.3 Å². The summed E-state index contributed by atoms with van der Waals surface area (Å²) in [6, 6.07) is 10.4.